The van der Waals surface area contributed by atoms with Gasteiger partial charge in [0, 0.05) is 19.2 Å². The highest BCUT2D eigenvalue weighted by Gasteiger charge is 2.35. The van der Waals surface area contributed by atoms with Crippen LogP contribution in [0.15, 0.2) is 29.4 Å². The van der Waals surface area contributed by atoms with E-state index in [4.69, 9.17) is 0 Å². The summed E-state index contributed by atoms with van der Waals surface area (Å²) in [6.45, 7) is 0.189. The third-order valence-corrected chi connectivity index (χ3v) is 4.94. The average Bonchev–Trinajstić information content (AvgIpc) is 2.97. The molecule has 0 atom stereocenters. The van der Waals surface area contributed by atoms with Crippen molar-refractivity contribution in [3.05, 3.63) is 35.8 Å². The molecule has 21 heavy (non-hydrogen) atoms. The van der Waals surface area contributed by atoms with Crippen molar-refractivity contribution < 1.29 is 17.6 Å². The summed E-state index contributed by atoms with van der Waals surface area (Å²) in [5.74, 6) is -0.909. The van der Waals surface area contributed by atoms with Gasteiger partial charge in [-0.15, -0.1) is 0 Å². The summed E-state index contributed by atoms with van der Waals surface area (Å²) >= 11 is 0. The topological polar surface area (TPSA) is 81.1 Å². The molecule has 1 aliphatic rings. The zero-order valence-electron chi connectivity index (χ0n) is 11.1. The fraction of sp³-hybridized carbons (Fsp3) is 0.231. The number of amides is 1. The lowest BCUT2D eigenvalue weighted by Crippen LogP contribution is -2.22. The standard InChI is InChI=1S/C13H12FN3O3S/c1-15-12(18)11-10(8-2-4-9(14)5-3-8)16-13-17(11)6-7-21(13,19)20/h2-5H,6-7H2,1H3,(H,15,18). The maximum absolute atomic E-state index is 13.0. The molecule has 8 heteroatoms. The average molecular weight is 309 g/mol. The normalized spacial score (nSPS) is 15.7. The smallest absolute Gasteiger partial charge is 0.270 e. The highest BCUT2D eigenvalue weighted by atomic mass is 32.2. The van der Waals surface area contributed by atoms with Gasteiger partial charge in [0.1, 0.15) is 17.2 Å². The van der Waals surface area contributed by atoms with E-state index in [1.54, 1.807) is 0 Å². The molecule has 110 valence electrons. The van der Waals surface area contributed by atoms with Gasteiger partial charge in [-0.05, 0) is 24.3 Å². The van der Waals surface area contributed by atoms with Gasteiger partial charge in [0.05, 0.1) is 5.75 Å². The van der Waals surface area contributed by atoms with E-state index in [-0.39, 0.29) is 28.8 Å². The number of aromatic nitrogens is 2. The third kappa shape index (κ3) is 2.11. The maximum atomic E-state index is 13.0. The van der Waals surface area contributed by atoms with E-state index in [9.17, 15) is 17.6 Å². The Balaban J connectivity index is 2.26. The van der Waals surface area contributed by atoms with Crippen molar-refractivity contribution in [2.75, 3.05) is 12.8 Å². The van der Waals surface area contributed by atoms with Gasteiger partial charge in [-0.1, -0.05) is 0 Å². The van der Waals surface area contributed by atoms with Crippen molar-refractivity contribution >= 4 is 15.7 Å². The molecule has 1 aromatic carbocycles. The molecule has 0 bridgehead atoms. The molecular weight excluding hydrogens is 297 g/mol. The van der Waals surface area contributed by atoms with Crippen LogP contribution in [0.1, 0.15) is 10.5 Å². The number of nitrogens with one attached hydrogen (secondary N) is 1. The molecular formula is C13H12FN3O3S. The minimum Gasteiger partial charge on any atom is -0.354 e. The quantitative estimate of drug-likeness (QED) is 0.891. The number of hydrogen-bond acceptors (Lipinski definition) is 4. The Bertz CT molecular complexity index is 825. The zero-order chi connectivity index (χ0) is 15.2. The fourth-order valence-electron chi connectivity index (χ4n) is 2.34. The summed E-state index contributed by atoms with van der Waals surface area (Å²) in [6.07, 6.45) is 0. The molecule has 2 heterocycles. The van der Waals surface area contributed by atoms with Gasteiger partial charge in [0.15, 0.2) is 0 Å². The van der Waals surface area contributed by atoms with Crippen LogP contribution in [-0.4, -0.2) is 36.7 Å². The molecule has 6 nitrogen and oxygen atoms in total. The largest absolute Gasteiger partial charge is 0.354 e. The van der Waals surface area contributed by atoms with Crippen LogP contribution in [0, 0.1) is 5.82 Å². The predicted molar refractivity (Wildman–Crippen MR) is 73.1 cm³/mol. The Labute approximate surface area is 120 Å². The molecule has 2 aromatic rings. The summed E-state index contributed by atoms with van der Waals surface area (Å²) in [4.78, 5) is 16.2. The van der Waals surface area contributed by atoms with Crippen molar-refractivity contribution in [2.45, 2.75) is 11.7 Å². The molecule has 0 unspecified atom stereocenters. The van der Waals surface area contributed by atoms with Crippen LogP contribution in [0.5, 0.6) is 0 Å². The van der Waals surface area contributed by atoms with Gasteiger partial charge in [0.2, 0.25) is 15.0 Å². The van der Waals surface area contributed by atoms with Gasteiger partial charge in [-0.2, -0.15) is 0 Å². The molecule has 0 aliphatic carbocycles. The van der Waals surface area contributed by atoms with Gasteiger partial charge >= 0.3 is 0 Å². The molecule has 0 fully saturated rings. The number of halogens is 1. The first-order valence-corrected chi connectivity index (χ1v) is 7.90. The molecule has 0 radical (unpaired) electrons. The van der Waals surface area contributed by atoms with Gasteiger partial charge in [-0.3, -0.25) is 4.79 Å². The molecule has 0 spiro atoms. The Kier molecular flexibility index (Phi) is 3.05. The molecule has 0 saturated carbocycles. The monoisotopic (exact) mass is 309 g/mol. The van der Waals surface area contributed by atoms with E-state index in [0.29, 0.717) is 5.56 Å². The van der Waals surface area contributed by atoms with Crippen LogP contribution in [0.25, 0.3) is 11.3 Å². The number of fused-ring (bicyclic) bond motifs is 1. The lowest BCUT2D eigenvalue weighted by molar-refractivity contribution is 0.0954. The summed E-state index contributed by atoms with van der Waals surface area (Å²) in [6, 6.07) is 5.41. The van der Waals surface area contributed by atoms with Crippen LogP contribution >= 0.6 is 0 Å². The second kappa shape index (κ2) is 4.66. The molecule has 1 N–H and O–H groups in total. The second-order valence-electron chi connectivity index (χ2n) is 4.65. The van der Waals surface area contributed by atoms with Crippen molar-refractivity contribution in [3.63, 3.8) is 0 Å². The number of hydrogen-bond donors (Lipinski definition) is 1. The summed E-state index contributed by atoms with van der Waals surface area (Å²) in [7, 11) is -2.01. The van der Waals surface area contributed by atoms with Crippen LogP contribution in [0.3, 0.4) is 0 Å². The number of nitrogens with zero attached hydrogens (tertiary/aromatic N) is 2. The SMILES string of the molecule is CNC(=O)c1c(-c2ccc(F)cc2)nc2n1CCS2(=O)=O. The predicted octanol–water partition coefficient (Wildman–Crippen LogP) is 0.836. The van der Waals surface area contributed by atoms with Gasteiger partial charge in [0.25, 0.3) is 5.91 Å². The Morgan fingerprint density at radius 1 is 1.33 bits per heavy atom. The van der Waals surface area contributed by atoms with Crippen molar-refractivity contribution in [3.8, 4) is 11.3 Å². The van der Waals surface area contributed by atoms with E-state index in [0.717, 1.165) is 0 Å². The van der Waals surface area contributed by atoms with Crippen molar-refractivity contribution in [1.82, 2.24) is 14.9 Å². The lowest BCUT2D eigenvalue weighted by atomic mass is 10.1. The number of benzene rings is 1. The van der Waals surface area contributed by atoms with Crippen molar-refractivity contribution in [2.24, 2.45) is 0 Å². The molecule has 3 rings (SSSR count). The van der Waals surface area contributed by atoms with Gasteiger partial charge < -0.3 is 9.88 Å². The molecule has 1 aromatic heterocycles. The summed E-state index contributed by atoms with van der Waals surface area (Å²) in [5.41, 5.74) is 0.917. The van der Waals surface area contributed by atoms with Crippen LogP contribution in [0.4, 0.5) is 4.39 Å². The molecule has 0 saturated heterocycles. The van der Waals surface area contributed by atoms with E-state index < -0.39 is 21.6 Å². The van der Waals surface area contributed by atoms with Gasteiger partial charge in [-0.25, -0.2) is 17.8 Å². The van der Waals surface area contributed by atoms with Crippen molar-refractivity contribution in [1.29, 1.82) is 0 Å². The minimum atomic E-state index is -3.47. The summed E-state index contributed by atoms with van der Waals surface area (Å²) < 4.78 is 38.3. The number of imidazole rings is 1. The highest BCUT2D eigenvalue weighted by Crippen LogP contribution is 2.30. The van der Waals surface area contributed by atoms with Crippen LogP contribution in [0.2, 0.25) is 0 Å². The molecule has 1 amide bonds. The van der Waals surface area contributed by atoms with E-state index >= 15 is 0 Å². The Morgan fingerprint density at radius 2 is 2.00 bits per heavy atom. The number of rotatable bonds is 2. The minimum absolute atomic E-state index is 0.0664. The molecule has 1 aliphatic heterocycles. The Morgan fingerprint density at radius 3 is 2.62 bits per heavy atom. The summed E-state index contributed by atoms with van der Waals surface area (Å²) in [5, 5.41) is 2.37. The first-order chi connectivity index (χ1) is 9.94. The Hall–Kier alpha value is -2.22. The van der Waals surface area contributed by atoms with E-state index in [2.05, 4.69) is 10.3 Å². The highest BCUT2D eigenvalue weighted by molar-refractivity contribution is 7.91. The van der Waals surface area contributed by atoms with E-state index in [1.807, 2.05) is 0 Å². The second-order valence-corrected chi connectivity index (χ2v) is 6.65. The number of carbonyl (C=O) groups is 1. The third-order valence-electron chi connectivity index (χ3n) is 3.35. The number of carbonyl (C=O) groups excluding carboxylic acids is 1. The first kappa shape index (κ1) is 13.7. The lowest BCUT2D eigenvalue weighted by Gasteiger charge is -2.05. The van der Waals surface area contributed by atoms with Crippen LogP contribution in [-0.2, 0) is 16.4 Å². The fourth-order valence-corrected chi connectivity index (χ4v) is 3.69. The first-order valence-electron chi connectivity index (χ1n) is 6.25. The number of sulfone groups is 1. The van der Waals surface area contributed by atoms with E-state index in [1.165, 1.54) is 35.9 Å². The maximum Gasteiger partial charge on any atom is 0.270 e. The zero-order valence-corrected chi connectivity index (χ0v) is 11.9. The van der Waals surface area contributed by atoms with Crippen LogP contribution < -0.4 is 5.32 Å².